The molecule has 1 aromatic rings. The lowest BCUT2D eigenvalue weighted by molar-refractivity contribution is -0.126. The Balaban J connectivity index is 2.03. The second kappa shape index (κ2) is 10.7. The molecule has 3 atom stereocenters. The molecule has 3 N–H and O–H groups in total. The maximum atomic E-state index is 13.1. The van der Waals surface area contributed by atoms with Crippen molar-refractivity contribution in [2.75, 3.05) is 13.7 Å². The largest absolute Gasteiger partial charge is 0.444 e. The van der Waals surface area contributed by atoms with Gasteiger partial charge in [0.05, 0.1) is 18.7 Å². The standard InChI is InChI=1S/C23H36N4O6S/c1-13(17-9-14(12-34-17)18(24)26-20(29)32-22(2,3)4)25-19(28)16-10-15(31-8)11-27(16)21(30)33-23(5,6)7/h9,12-13,15-16H,10-11H2,1-8H3,(H,25,28)(H2,24,26,29)/t13-,15-,16+/m1/s1. The number of carbonyl (C=O) groups is 3. The lowest BCUT2D eigenvalue weighted by Crippen LogP contribution is -2.48. The van der Waals surface area contributed by atoms with E-state index in [0.717, 1.165) is 4.88 Å². The van der Waals surface area contributed by atoms with Crippen LogP contribution in [0.2, 0.25) is 0 Å². The van der Waals surface area contributed by atoms with Crippen LogP contribution in [-0.4, -0.2) is 65.8 Å². The van der Waals surface area contributed by atoms with E-state index in [1.165, 1.54) is 16.2 Å². The van der Waals surface area contributed by atoms with Crippen LogP contribution in [0.3, 0.4) is 0 Å². The molecule has 34 heavy (non-hydrogen) atoms. The van der Waals surface area contributed by atoms with Gasteiger partial charge in [-0.05, 0) is 54.5 Å². The summed E-state index contributed by atoms with van der Waals surface area (Å²) in [6, 6.07) is 0.643. The van der Waals surface area contributed by atoms with Crippen LogP contribution in [0.4, 0.5) is 9.59 Å². The van der Waals surface area contributed by atoms with E-state index in [4.69, 9.17) is 19.6 Å². The zero-order chi connectivity index (χ0) is 25.8. The predicted octanol–water partition coefficient (Wildman–Crippen LogP) is 3.80. The second-order valence-electron chi connectivity index (χ2n) is 10.2. The Morgan fingerprint density at radius 1 is 1.15 bits per heavy atom. The Labute approximate surface area is 204 Å². The Bertz CT molecular complexity index is 917. The molecule has 190 valence electrons. The highest BCUT2D eigenvalue weighted by molar-refractivity contribution is 7.10. The lowest BCUT2D eigenvalue weighted by atomic mass is 10.1. The summed E-state index contributed by atoms with van der Waals surface area (Å²) in [6.07, 6.45) is -1.15. The van der Waals surface area contributed by atoms with E-state index in [2.05, 4.69) is 10.6 Å². The molecule has 10 nitrogen and oxygen atoms in total. The van der Waals surface area contributed by atoms with Gasteiger partial charge < -0.3 is 19.5 Å². The summed E-state index contributed by atoms with van der Waals surface area (Å²) in [7, 11) is 1.55. The molecule has 0 saturated carbocycles. The number of rotatable bonds is 5. The van der Waals surface area contributed by atoms with Crippen molar-refractivity contribution in [1.29, 1.82) is 5.41 Å². The molecule has 1 aliphatic rings. The SMILES string of the molecule is CO[C@@H]1C[C@@H](C(=O)N[C@H](C)c2cc(C(=N)NC(=O)OC(C)(C)C)cs2)N(C(=O)OC(C)(C)C)C1. The zero-order valence-electron chi connectivity index (χ0n) is 21.1. The van der Waals surface area contributed by atoms with Gasteiger partial charge in [0.25, 0.3) is 0 Å². The number of alkyl carbamates (subject to hydrolysis) is 1. The van der Waals surface area contributed by atoms with Gasteiger partial charge in [0.2, 0.25) is 5.91 Å². The third-order valence-electron chi connectivity index (χ3n) is 4.85. The van der Waals surface area contributed by atoms with Crippen LogP contribution in [-0.2, 0) is 19.0 Å². The van der Waals surface area contributed by atoms with Crippen LogP contribution < -0.4 is 10.6 Å². The lowest BCUT2D eigenvalue weighted by Gasteiger charge is -2.28. The molecular weight excluding hydrogens is 460 g/mol. The van der Waals surface area contributed by atoms with Gasteiger partial charge in [0.15, 0.2) is 0 Å². The smallest absolute Gasteiger partial charge is 0.413 e. The number of carbonyl (C=O) groups excluding carboxylic acids is 3. The van der Waals surface area contributed by atoms with E-state index >= 15 is 0 Å². The minimum Gasteiger partial charge on any atom is -0.444 e. The van der Waals surface area contributed by atoms with Gasteiger partial charge in [-0.1, -0.05) is 0 Å². The van der Waals surface area contributed by atoms with E-state index in [0.29, 0.717) is 12.0 Å². The van der Waals surface area contributed by atoms with Crippen molar-refractivity contribution in [2.45, 2.75) is 84.3 Å². The molecule has 2 heterocycles. The summed E-state index contributed by atoms with van der Waals surface area (Å²) in [5.41, 5.74) is -0.845. The van der Waals surface area contributed by atoms with Gasteiger partial charge in [0.1, 0.15) is 23.1 Å². The minimum absolute atomic E-state index is 0.0925. The van der Waals surface area contributed by atoms with Crippen molar-refractivity contribution >= 4 is 35.3 Å². The van der Waals surface area contributed by atoms with E-state index < -0.39 is 29.4 Å². The zero-order valence-corrected chi connectivity index (χ0v) is 21.9. The van der Waals surface area contributed by atoms with Gasteiger partial charge in [0, 0.05) is 29.4 Å². The first-order valence-electron chi connectivity index (χ1n) is 11.1. The van der Waals surface area contributed by atoms with Crippen molar-refractivity contribution in [3.63, 3.8) is 0 Å². The molecule has 0 aliphatic carbocycles. The normalized spacial score (nSPS) is 19.4. The molecule has 0 unspecified atom stereocenters. The summed E-state index contributed by atoms with van der Waals surface area (Å²) in [5.74, 6) is -0.403. The first kappa shape index (κ1) is 27.6. The average molecular weight is 497 g/mol. The Hall–Kier alpha value is -2.66. The van der Waals surface area contributed by atoms with Gasteiger partial charge in [-0.2, -0.15) is 0 Å². The van der Waals surface area contributed by atoms with E-state index in [9.17, 15) is 14.4 Å². The third kappa shape index (κ3) is 7.98. The number of amidine groups is 1. The number of ether oxygens (including phenoxy) is 3. The van der Waals surface area contributed by atoms with E-state index in [1.807, 2.05) is 6.92 Å². The van der Waals surface area contributed by atoms with Crippen molar-refractivity contribution in [3.05, 3.63) is 21.9 Å². The summed E-state index contributed by atoms with van der Waals surface area (Å²) in [4.78, 5) is 39.8. The highest BCUT2D eigenvalue weighted by Gasteiger charge is 2.42. The topological polar surface area (TPSA) is 130 Å². The van der Waals surface area contributed by atoms with Crippen LogP contribution in [0.25, 0.3) is 0 Å². The summed E-state index contributed by atoms with van der Waals surface area (Å²) >= 11 is 1.35. The Morgan fingerprint density at radius 2 is 1.76 bits per heavy atom. The summed E-state index contributed by atoms with van der Waals surface area (Å²) in [6.45, 7) is 12.6. The van der Waals surface area contributed by atoms with Gasteiger partial charge in [-0.25, -0.2) is 9.59 Å². The van der Waals surface area contributed by atoms with Crippen LogP contribution in [0.5, 0.6) is 0 Å². The van der Waals surface area contributed by atoms with Crippen molar-refractivity contribution in [3.8, 4) is 0 Å². The fourth-order valence-electron chi connectivity index (χ4n) is 3.31. The fourth-order valence-corrected chi connectivity index (χ4v) is 4.22. The van der Waals surface area contributed by atoms with Crippen LogP contribution in [0.15, 0.2) is 11.4 Å². The second-order valence-corrected chi connectivity index (χ2v) is 11.2. The van der Waals surface area contributed by atoms with Gasteiger partial charge in [-0.3, -0.25) is 20.4 Å². The fraction of sp³-hybridized carbons (Fsp3) is 0.652. The van der Waals surface area contributed by atoms with Crippen molar-refractivity contribution in [1.82, 2.24) is 15.5 Å². The van der Waals surface area contributed by atoms with Crippen molar-refractivity contribution < 1.29 is 28.6 Å². The van der Waals surface area contributed by atoms with Crippen LogP contribution in [0, 0.1) is 5.41 Å². The molecule has 1 aliphatic heterocycles. The van der Waals surface area contributed by atoms with Gasteiger partial charge >= 0.3 is 12.2 Å². The average Bonchev–Trinajstić information content (AvgIpc) is 3.32. The van der Waals surface area contributed by atoms with Crippen molar-refractivity contribution in [2.24, 2.45) is 0 Å². The molecule has 3 amide bonds. The number of methoxy groups -OCH3 is 1. The third-order valence-corrected chi connectivity index (χ3v) is 5.96. The molecule has 1 saturated heterocycles. The summed E-state index contributed by atoms with van der Waals surface area (Å²) < 4.78 is 16.0. The first-order chi connectivity index (χ1) is 15.6. The Kier molecular flexibility index (Phi) is 8.70. The van der Waals surface area contributed by atoms with Gasteiger partial charge in [-0.15, -0.1) is 11.3 Å². The number of nitrogens with zero attached hydrogens (tertiary/aromatic N) is 1. The quantitative estimate of drug-likeness (QED) is 0.420. The first-order valence-corrected chi connectivity index (χ1v) is 12.0. The number of nitrogens with one attached hydrogen (secondary N) is 3. The minimum atomic E-state index is -0.714. The highest BCUT2D eigenvalue weighted by Crippen LogP contribution is 2.26. The predicted molar refractivity (Wildman–Crippen MR) is 129 cm³/mol. The Morgan fingerprint density at radius 3 is 2.32 bits per heavy atom. The molecule has 11 heteroatoms. The molecule has 2 rings (SSSR count). The van der Waals surface area contributed by atoms with Crippen LogP contribution >= 0.6 is 11.3 Å². The van der Waals surface area contributed by atoms with E-state index in [1.54, 1.807) is 60.1 Å². The van der Waals surface area contributed by atoms with E-state index in [-0.39, 0.29) is 30.4 Å². The molecule has 1 aromatic heterocycles. The number of amides is 3. The molecule has 0 radical (unpaired) electrons. The summed E-state index contributed by atoms with van der Waals surface area (Å²) in [5, 5.41) is 15.2. The number of hydrogen-bond donors (Lipinski definition) is 3. The molecular formula is C23H36N4O6S. The molecule has 0 aromatic carbocycles. The maximum absolute atomic E-state index is 13.1. The highest BCUT2D eigenvalue weighted by atomic mass is 32.1. The number of likely N-dealkylation sites (tertiary alicyclic amines) is 1. The molecule has 0 spiro atoms. The number of thiophene rings is 1. The van der Waals surface area contributed by atoms with Crippen LogP contribution in [0.1, 0.15) is 71.4 Å². The molecule has 0 bridgehead atoms. The monoisotopic (exact) mass is 496 g/mol. The molecule has 1 fully saturated rings. The maximum Gasteiger partial charge on any atom is 0.413 e. The number of hydrogen-bond acceptors (Lipinski definition) is 8.